The van der Waals surface area contributed by atoms with Crippen LogP contribution in [0.2, 0.25) is 0 Å². The molecule has 0 spiro atoms. The molecule has 0 fully saturated rings. The van der Waals surface area contributed by atoms with Gasteiger partial charge in [-0.15, -0.1) is 0 Å². The van der Waals surface area contributed by atoms with Crippen molar-refractivity contribution in [3.8, 4) is 0 Å². The van der Waals surface area contributed by atoms with E-state index in [0.717, 1.165) is 0 Å². The van der Waals surface area contributed by atoms with Crippen LogP contribution in [0.1, 0.15) is 12.8 Å². The van der Waals surface area contributed by atoms with Crippen LogP contribution >= 0.6 is 0 Å². The summed E-state index contributed by atoms with van der Waals surface area (Å²) in [5.41, 5.74) is 1.85. The van der Waals surface area contributed by atoms with Crippen molar-refractivity contribution in [1.82, 2.24) is 15.2 Å². The molecule has 0 aliphatic heterocycles. The van der Waals surface area contributed by atoms with Gasteiger partial charge >= 0.3 is 0 Å². The van der Waals surface area contributed by atoms with Crippen molar-refractivity contribution in [1.29, 1.82) is 0 Å². The van der Waals surface area contributed by atoms with Gasteiger partial charge in [-0.3, -0.25) is 15.0 Å². The second-order valence-electron chi connectivity index (χ2n) is 2.76. The van der Waals surface area contributed by atoms with Crippen LogP contribution in [-0.2, 0) is 11.3 Å². The molecule has 1 amide bonds. The van der Waals surface area contributed by atoms with E-state index in [1.807, 2.05) is 5.43 Å². The van der Waals surface area contributed by atoms with Crippen molar-refractivity contribution in [3.05, 3.63) is 28.7 Å². The summed E-state index contributed by atoms with van der Waals surface area (Å²) in [6.07, 6.45) is 2.36. The minimum absolute atomic E-state index is 0.166. The van der Waals surface area contributed by atoms with Crippen LogP contribution in [-0.4, -0.2) is 15.7 Å². The normalized spacial score (nSPS) is 9.79. The Kier molecular flexibility index (Phi) is 3.81. The number of carbonyl (C=O) groups is 1. The third-order valence-corrected chi connectivity index (χ3v) is 1.72. The summed E-state index contributed by atoms with van der Waals surface area (Å²) in [6, 6.07) is 3.00. The molecule has 14 heavy (non-hydrogen) atoms. The molecule has 1 aromatic rings. The molecule has 0 saturated carbocycles. The third kappa shape index (κ3) is 2.98. The first-order chi connectivity index (χ1) is 6.74. The predicted molar refractivity (Wildman–Crippen MR) is 50.1 cm³/mol. The van der Waals surface area contributed by atoms with E-state index >= 15 is 0 Å². The molecule has 0 unspecified atom stereocenters. The highest BCUT2D eigenvalue weighted by molar-refractivity contribution is 5.74. The molecule has 0 radical (unpaired) electrons. The molecule has 1 rings (SSSR count). The van der Waals surface area contributed by atoms with Crippen LogP contribution in [0.3, 0.4) is 0 Å². The van der Waals surface area contributed by atoms with Gasteiger partial charge < -0.3 is 0 Å². The van der Waals surface area contributed by atoms with Gasteiger partial charge in [0.15, 0.2) is 0 Å². The van der Waals surface area contributed by atoms with Gasteiger partial charge in [0.05, 0.1) is 0 Å². The second-order valence-corrected chi connectivity index (χ2v) is 2.76. The zero-order valence-corrected chi connectivity index (χ0v) is 7.64. The maximum absolute atomic E-state index is 11.1. The lowest BCUT2D eigenvalue weighted by Gasteiger charge is -2.02. The number of nitrogens with zero attached hydrogens (tertiary/aromatic N) is 2. The molecule has 6 heteroatoms. The fourth-order valence-electron chi connectivity index (χ4n) is 1.02. The molecule has 76 valence electrons. The van der Waals surface area contributed by atoms with Gasteiger partial charge in [0.1, 0.15) is 0 Å². The monoisotopic (exact) mass is 196 g/mol. The molecule has 0 bridgehead atoms. The quantitative estimate of drug-likeness (QED) is 0.367. The predicted octanol–water partition coefficient (Wildman–Crippen LogP) is -0.987. The van der Waals surface area contributed by atoms with Crippen molar-refractivity contribution < 1.29 is 4.79 Å². The molecule has 1 aromatic heterocycles. The van der Waals surface area contributed by atoms with E-state index in [0.29, 0.717) is 19.4 Å². The largest absolute Gasteiger partial charge is 0.294 e. The number of carbonyl (C=O) groups excluding carboxylic acids is 1. The molecule has 0 atom stereocenters. The Bertz CT molecular complexity index is 360. The van der Waals surface area contributed by atoms with Crippen LogP contribution in [0.5, 0.6) is 0 Å². The molecule has 0 saturated heterocycles. The Labute approximate surface area is 80.7 Å². The molecule has 6 nitrogen and oxygen atoms in total. The van der Waals surface area contributed by atoms with E-state index in [-0.39, 0.29) is 11.5 Å². The van der Waals surface area contributed by atoms with Crippen LogP contribution < -0.4 is 16.8 Å². The number of nitrogens with two attached hydrogens (primary N) is 1. The van der Waals surface area contributed by atoms with E-state index in [2.05, 4.69) is 5.10 Å². The molecular weight excluding hydrogens is 184 g/mol. The zero-order valence-electron chi connectivity index (χ0n) is 7.64. The molecule has 1 heterocycles. The van der Waals surface area contributed by atoms with Crippen LogP contribution in [0.15, 0.2) is 23.1 Å². The topological polar surface area (TPSA) is 90.0 Å². The number of hydrogen-bond donors (Lipinski definition) is 2. The lowest BCUT2D eigenvalue weighted by molar-refractivity contribution is -0.121. The van der Waals surface area contributed by atoms with Crippen molar-refractivity contribution in [2.45, 2.75) is 19.4 Å². The van der Waals surface area contributed by atoms with Gasteiger partial charge in [0, 0.05) is 25.2 Å². The molecular formula is C8H12N4O2. The van der Waals surface area contributed by atoms with E-state index in [1.54, 1.807) is 6.07 Å². The van der Waals surface area contributed by atoms with Gasteiger partial charge in [-0.1, -0.05) is 0 Å². The Morgan fingerprint density at radius 3 is 3.07 bits per heavy atom. The molecule has 0 aromatic carbocycles. The van der Waals surface area contributed by atoms with E-state index in [1.165, 1.54) is 16.9 Å². The summed E-state index contributed by atoms with van der Waals surface area (Å²) < 4.78 is 1.31. The summed E-state index contributed by atoms with van der Waals surface area (Å²) in [7, 11) is 0. The van der Waals surface area contributed by atoms with Crippen molar-refractivity contribution >= 4 is 5.91 Å². The minimum atomic E-state index is -0.242. The number of rotatable bonds is 4. The SMILES string of the molecule is NNC(=O)CCCn1ncccc1=O. The minimum Gasteiger partial charge on any atom is -0.294 e. The first kappa shape index (κ1) is 10.4. The van der Waals surface area contributed by atoms with Gasteiger partial charge in [-0.05, 0) is 12.5 Å². The van der Waals surface area contributed by atoms with Gasteiger partial charge in [0.2, 0.25) is 5.91 Å². The fraction of sp³-hybridized carbons (Fsp3) is 0.375. The molecule has 3 N–H and O–H groups in total. The van der Waals surface area contributed by atoms with Crippen LogP contribution in [0.25, 0.3) is 0 Å². The Hall–Kier alpha value is -1.69. The number of hydrogen-bond acceptors (Lipinski definition) is 4. The average molecular weight is 196 g/mol. The number of nitrogens with one attached hydrogen (secondary N) is 1. The van der Waals surface area contributed by atoms with Gasteiger partial charge in [-0.25, -0.2) is 10.5 Å². The number of hydrazine groups is 1. The second kappa shape index (κ2) is 5.13. The maximum Gasteiger partial charge on any atom is 0.266 e. The van der Waals surface area contributed by atoms with E-state index in [9.17, 15) is 9.59 Å². The molecule has 0 aliphatic carbocycles. The van der Waals surface area contributed by atoms with E-state index < -0.39 is 0 Å². The van der Waals surface area contributed by atoms with Crippen molar-refractivity contribution in [3.63, 3.8) is 0 Å². The lowest BCUT2D eigenvalue weighted by Crippen LogP contribution is -2.30. The lowest BCUT2D eigenvalue weighted by atomic mass is 10.3. The summed E-state index contributed by atoms with van der Waals surface area (Å²) in [6.45, 7) is 0.424. The Morgan fingerprint density at radius 2 is 2.43 bits per heavy atom. The summed E-state index contributed by atoms with van der Waals surface area (Å²) in [5, 5.41) is 3.84. The summed E-state index contributed by atoms with van der Waals surface area (Å²) in [4.78, 5) is 21.9. The van der Waals surface area contributed by atoms with Gasteiger partial charge in [0.25, 0.3) is 5.56 Å². The third-order valence-electron chi connectivity index (χ3n) is 1.72. The highest BCUT2D eigenvalue weighted by Gasteiger charge is 1.99. The van der Waals surface area contributed by atoms with Gasteiger partial charge in [-0.2, -0.15) is 5.10 Å². The number of aromatic nitrogens is 2. The summed E-state index contributed by atoms with van der Waals surface area (Å²) >= 11 is 0. The standard InChI is InChI=1S/C8H12N4O2/c9-11-7(13)3-2-6-12-8(14)4-1-5-10-12/h1,4-5H,2-3,6,9H2,(H,11,13). The first-order valence-electron chi connectivity index (χ1n) is 4.25. The summed E-state index contributed by atoms with van der Waals surface area (Å²) in [5.74, 6) is 4.66. The first-order valence-corrected chi connectivity index (χ1v) is 4.25. The Balaban J connectivity index is 2.43. The van der Waals surface area contributed by atoms with Crippen molar-refractivity contribution in [2.24, 2.45) is 5.84 Å². The highest BCUT2D eigenvalue weighted by Crippen LogP contribution is 1.90. The van der Waals surface area contributed by atoms with Crippen molar-refractivity contribution in [2.75, 3.05) is 0 Å². The number of aryl methyl sites for hydroxylation is 1. The van der Waals surface area contributed by atoms with Crippen LogP contribution in [0, 0.1) is 0 Å². The number of amides is 1. The Morgan fingerprint density at radius 1 is 1.64 bits per heavy atom. The average Bonchev–Trinajstić information content (AvgIpc) is 2.20. The fourth-order valence-corrected chi connectivity index (χ4v) is 1.02. The van der Waals surface area contributed by atoms with Crippen LogP contribution in [0.4, 0.5) is 0 Å². The maximum atomic E-state index is 11.1. The zero-order chi connectivity index (χ0) is 10.4. The highest BCUT2D eigenvalue weighted by atomic mass is 16.2. The molecule has 0 aliphatic rings. The van der Waals surface area contributed by atoms with E-state index in [4.69, 9.17) is 5.84 Å². The smallest absolute Gasteiger partial charge is 0.266 e.